The Bertz CT molecular complexity index is 455. The Balaban J connectivity index is 2.48. The zero-order chi connectivity index (χ0) is 13.4. The fourth-order valence-corrected chi connectivity index (χ4v) is 1.67. The van der Waals surface area contributed by atoms with E-state index < -0.39 is 0 Å². The number of rotatable bonds is 6. The summed E-state index contributed by atoms with van der Waals surface area (Å²) in [6, 6.07) is 7.33. The van der Waals surface area contributed by atoms with Crippen molar-refractivity contribution < 1.29 is 9.53 Å². The van der Waals surface area contributed by atoms with Crippen LogP contribution >= 0.6 is 15.9 Å². The van der Waals surface area contributed by atoms with Gasteiger partial charge < -0.3 is 10.1 Å². The van der Waals surface area contributed by atoms with Gasteiger partial charge in [-0.1, -0.05) is 29.3 Å². The van der Waals surface area contributed by atoms with Gasteiger partial charge in [0.25, 0.3) is 0 Å². The summed E-state index contributed by atoms with van der Waals surface area (Å²) in [5.74, 6) is -0.310. The van der Waals surface area contributed by atoms with Crippen LogP contribution in [-0.2, 0) is 9.53 Å². The topological polar surface area (TPSA) is 62.1 Å². The van der Waals surface area contributed by atoms with Gasteiger partial charge in [0, 0.05) is 4.47 Å². The van der Waals surface area contributed by atoms with Crippen LogP contribution < -0.4 is 5.32 Å². The number of hydrogen-bond donors (Lipinski definition) is 1. The molecule has 0 unspecified atom stereocenters. The lowest BCUT2D eigenvalue weighted by Crippen LogP contribution is -2.17. The predicted molar refractivity (Wildman–Crippen MR) is 73.2 cm³/mol. The second-order valence-electron chi connectivity index (χ2n) is 3.73. The molecule has 0 amide bonds. The van der Waals surface area contributed by atoms with E-state index in [9.17, 15) is 4.79 Å². The molecule has 5 heteroatoms. The summed E-state index contributed by atoms with van der Waals surface area (Å²) in [5.41, 5.74) is 1.12. The van der Waals surface area contributed by atoms with E-state index in [-0.39, 0.29) is 12.5 Å². The third-order valence-electron chi connectivity index (χ3n) is 2.29. The predicted octanol–water partition coefficient (Wildman–Crippen LogP) is 3.08. The second-order valence-corrected chi connectivity index (χ2v) is 4.64. The standard InChI is InChI=1S/C13H15BrN2O2/c1-2-3-6-18-13(17)9-16-12-5-4-11(14)7-10(12)8-15/h4-5,7,16H,2-3,6,9H2,1H3. The van der Waals surface area contributed by atoms with Gasteiger partial charge in [-0.3, -0.25) is 4.79 Å². The van der Waals surface area contributed by atoms with Crippen molar-refractivity contribution in [1.29, 1.82) is 5.26 Å². The van der Waals surface area contributed by atoms with E-state index in [0.717, 1.165) is 17.3 Å². The molecule has 1 rings (SSSR count). The highest BCUT2D eigenvalue weighted by molar-refractivity contribution is 9.10. The van der Waals surface area contributed by atoms with Gasteiger partial charge >= 0.3 is 5.97 Å². The molecule has 0 atom stereocenters. The van der Waals surface area contributed by atoms with E-state index in [4.69, 9.17) is 10.00 Å². The third-order valence-corrected chi connectivity index (χ3v) is 2.78. The van der Waals surface area contributed by atoms with Crippen molar-refractivity contribution in [3.05, 3.63) is 28.2 Å². The molecule has 0 spiro atoms. The lowest BCUT2D eigenvalue weighted by Gasteiger charge is -2.08. The number of nitriles is 1. The molecular weight excluding hydrogens is 296 g/mol. The minimum Gasteiger partial charge on any atom is -0.464 e. The first-order valence-corrected chi connectivity index (χ1v) is 6.55. The monoisotopic (exact) mass is 310 g/mol. The van der Waals surface area contributed by atoms with Crippen LogP contribution in [0.15, 0.2) is 22.7 Å². The SMILES string of the molecule is CCCCOC(=O)CNc1ccc(Br)cc1C#N. The van der Waals surface area contributed by atoms with Crippen molar-refractivity contribution in [3.63, 3.8) is 0 Å². The Morgan fingerprint density at radius 1 is 1.56 bits per heavy atom. The number of benzene rings is 1. The molecule has 1 aromatic carbocycles. The van der Waals surface area contributed by atoms with E-state index >= 15 is 0 Å². The lowest BCUT2D eigenvalue weighted by atomic mass is 10.2. The van der Waals surface area contributed by atoms with Gasteiger partial charge in [-0.15, -0.1) is 0 Å². The molecule has 0 saturated heterocycles. The minimum absolute atomic E-state index is 0.0695. The van der Waals surface area contributed by atoms with Crippen molar-refractivity contribution in [3.8, 4) is 6.07 Å². The van der Waals surface area contributed by atoms with E-state index in [1.165, 1.54) is 0 Å². The third kappa shape index (κ3) is 4.76. The van der Waals surface area contributed by atoms with Crippen molar-refractivity contribution in [1.82, 2.24) is 0 Å². The first-order chi connectivity index (χ1) is 8.67. The van der Waals surface area contributed by atoms with Gasteiger partial charge in [-0.25, -0.2) is 0 Å². The molecule has 0 fully saturated rings. The summed E-state index contributed by atoms with van der Waals surface area (Å²) < 4.78 is 5.84. The fourth-order valence-electron chi connectivity index (χ4n) is 1.31. The molecular formula is C13H15BrN2O2. The van der Waals surface area contributed by atoms with Crippen LogP contribution in [0.4, 0.5) is 5.69 Å². The van der Waals surface area contributed by atoms with Gasteiger partial charge in [0.05, 0.1) is 17.9 Å². The van der Waals surface area contributed by atoms with Crippen molar-refractivity contribution in [2.24, 2.45) is 0 Å². The van der Waals surface area contributed by atoms with Crippen molar-refractivity contribution >= 4 is 27.6 Å². The van der Waals surface area contributed by atoms with Crippen LogP contribution in [0.25, 0.3) is 0 Å². The number of anilines is 1. The average molecular weight is 311 g/mol. The molecule has 0 bridgehead atoms. The summed E-state index contributed by atoms with van der Waals surface area (Å²) in [6.45, 7) is 2.55. The summed E-state index contributed by atoms with van der Waals surface area (Å²) >= 11 is 3.29. The smallest absolute Gasteiger partial charge is 0.325 e. The number of unbranched alkanes of at least 4 members (excludes halogenated alkanes) is 1. The number of carbonyl (C=O) groups excluding carboxylic acids is 1. The van der Waals surface area contributed by atoms with Crippen molar-refractivity contribution in [2.45, 2.75) is 19.8 Å². The Labute approximate surface area is 115 Å². The first-order valence-electron chi connectivity index (χ1n) is 5.76. The Morgan fingerprint density at radius 3 is 3.00 bits per heavy atom. The molecule has 0 aliphatic heterocycles. The average Bonchev–Trinajstić information content (AvgIpc) is 2.37. The van der Waals surface area contributed by atoms with E-state index in [2.05, 4.69) is 27.3 Å². The first kappa shape index (κ1) is 14.5. The number of ether oxygens (including phenoxy) is 1. The minimum atomic E-state index is -0.310. The number of nitrogens with zero attached hydrogens (tertiary/aromatic N) is 1. The highest BCUT2D eigenvalue weighted by Crippen LogP contribution is 2.19. The largest absolute Gasteiger partial charge is 0.464 e. The lowest BCUT2D eigenvalue weighted by molar-refractivity contribution is -0.141. The van der Waals surface area contributed by atoms with E-state index in [1.54, 1.807) is 12.1 Å². The van der Waals surface area contributed by atoms with Gasteiger partial charge in [0.2, 0.25) is 0 Å². The Morgan fingerprint density at radius 2 is 2.33 bits per heavy atom. The molecule has 0 aromatic heterocycles. The quantitative estimate of drug-likeness (QED) is 0.648. The molecule has 0 heterocycles. The van der Waals surface area contributed by atoms with Gasteiger partial charge in [0.15, 0.2) is 0 Å². The molecule has 0 aliphatic rings. The van der Waals surface area contributed by atoms with Gasteiger partial charge in [-0.2, -0.15) is 5.26 Å². The number of esters is 1. The number of nitrogens with one attached hydrogen (secondary N) is 1. The van der Waals surface area contributed by atoms with Crippen LogP contribution in [0.5, 0.6) is 0 Å². The number of halogens is 1. The fraction of sp³-hybridized carbons (Fsp3) is 0.385. The van der Waals surface area contributed by atoms with Crippen LogP contribution in [0.2, 0.25) is 0 Å². The molecule has 1 N–H and O–H groups in total. The number of hydrogen-bond acceptors (Lipinski definition) is 4. The van der Waals surface area contributed by atoms with E-state index in [0.29, 0.717) is 17.9 Å². The summed E-state index contributed by atoms with van der Waals surface area (Å²) in [6.07, 6.45) is 1.86. The van der Waals surface area contributed by atoms with Gasteiger partial charge in [-0.05, 0) is 24.6 Å². The maximum Gasteiger partial charge on any atom is 0.325 e. The van der Waals surface area contributed by atoms with Crippen LogP contribution in [0.3, 0.4) is 0 Å². The van der Waals surface area contributed by atoms with Crippen molar-refractivity contribution in [2.75, 3.05) is 18.5 Å². The maximum atomic E-state index is 11.4. The van der Waals surface area contributed by atoms with Gasteiger partial charge in [0.1, 0.15) is 12.6 Å². The molecule has 4 nitrogen and oxygen atoms in total. The zero-order valence-corrected chi connectivity index (χ0v) is 11.8. The summed E-state index contributed by atoms with van der Waals surface area (Å²) in [5, 5.41) is 11.9. The van der Waals surface area contributed by atoms with Crippen LogP contribution in [0.1, 0.15) is 25.3 Å². The van der Waals surface area contributed by atoms with E-state index in [1.807, 2.05) is 13.0 Å². The maximum absolute atomic E-state index is 11.4. The normalized spacial score (nSPS) is 9.61. The summed E-state index contributed by atoms with van der Waals surface area (Å²) in [7, 11) is 0. The molecule has 18 heavy (non-hydrogen) atoms. The Hall–Kier alpha value is -1.54. The van der Waals surface area contributed by atoms with Crippen LogP contribution in [0, 0.1) is 11.3 Å². The molecule has 0 radical (unpaired) electrons. The second kappa shape index (κ2) is 7.72. The molecule has 0 aliphatic carbocycles. The Kier molecular flexibility index (Phi) is 6.23. The molecule has 0 saturated carbocycles. The highest BCUT2D eigenvalue weighted by Gasteiger charge is 2.06. The zero-order valence-electron chi connectivity index (χ0n) is 10.2. The number of carbonyl (C=O) groups is 1. The molecule has 1 aromatic rings. The summed E-state index contributed by atoms with van der Waals surface area (Å²) in [4.78, 5) is 11.4. The molecule has 96 valence electrons. The highest BCUT2D eigenvalue weighted by atomic mass is 79.9. The van der Waals surface area contributed by atoms with Crippen LogP contribution in [-0.4, -0.2) is 19.1 Å².